The molecule has 1 rings (SSSR count). The zero-order valence-corrected chi connectivity index (χ0v) is 12.2. The van der Waals surface area contributed by atoms with Crippen molar-refractivity contribution in [3.63, 3.8) is 0 Å². The molecule has 1 aromatic rings. The van der Waals surface area contributed by atoms with Gasteiger partial charge in [0, 0.05) is 16.8 Å². The second-order valence-corrected chi connectivity index (χ2v) is 4.81. The zero-order chi connectivity index (χ0) is 15.1. The van der Waals surface area contributed by atoms with E-state index in [4.69, 9.17) is 5.11 Å². The summed E-state index contributed by atoms with van der Waals surface area (Å²) >= 11 is 0. The molecule has 4 nitrogen and oxygen atoms in total. The molecule has 20 heavy (non-hydrogen) atoms. The maximum absolute atomic E-state index is 11.9. The van der Waals surface area contributed by atoms with Crippen LogP contribution in [0.3, 0.4) is 0 Å². The molecule has 0 aliphatic rings. The third-order valence-electron chi connectivity index (χ3n) is 3.25. The van der Waals surface area contributed by atoms with Crippen LogP contribution in [-0.2, 0) is 16.0 Å². The lowest BCUT2D eigenvalue weighted by Crippen LogP contribution is -2.16. The van der Waals surface area contributed by atoms with Gasteiger partial charge in [0.1, 0.15) is 0 Å². The van der Waals surface area contributed by atoms with Crippen molar-refractivity contribution in [1.29, 1.82) is 0 Å². The van der Waals surface area contributed by atoms with Crippen LogP contribution < -0.4 is 5.32 Å². The van der Waals surface area contributed by atoms with Crippen LogP contribution in [0.1, 0.15) is 39.2 Å². The van der Waals surface area contributed by atoms with Gasteiger partial charge >= 0.3 is 5.97 Å². The number of hydrogen-bond acceptors (Lipinski definition) is 2. The van der Waals surface area contributed by atoms with Gasteiger partial charge in [0.05, 0.1) is 0 Å². The van der Waals surface area contributed by atoms with Gasteiger partial charge in [-0.15, -0.1) is 0 Å². The predicted molar refractivity (Wildman–Crippen MR) is 79.7 cm³/mol. The van der Waals surface area contributed by atoms with E-state index < -0.39 is 5.97 Å². The van der Waals surface area contributed by atoms with Crippen LogP contribution in [0.5, 0.6) is 0 Å². The van der Waals surface area contributed by atoms with Gasteiger partial charge in [0.2, 0.25) is 0 Å². The van der Waals surface area contributed by atoms with Crippen LogP contribution in [0.2, 0.25) is 0 Å². The van der Waals surface area contributed by atoms with E-state index in [1.54, 1.807) is 0 Å². The molecule has 0 fully saturated rings. The van der Waals surface area contributed by atoms with Gasteiger partial charge in [-0.2, -0.15) is 0 Å². The Morgan fingerprint density at radius 1 is 1.10 bits per heavy atom. The van der Waals surface area contributed by atoms with Crippen molar-refractivity contribution in [3.05, 3.63) is 41.0 Å². The highest BCUT2D eigenvalue weighted by molar-refractivity contribution is 6.08. The lowest BCUT2D eigenvalue weighted by Gasteiger charge is -2.08. The molecule has 0 saturated carbocycles. The van der Waals surface area contributed by atoms with Crippen molar-refractivity contribution in [2.75, 3.05) is 5.32 Å². The van der Waals surface area contributed by atoms with Gasteiger partial charge in [-0.05, 0) is 44.4 Å². The molecular formula is C16H21NO3. The van der Waals surface area contributed by atoms with Crippen molar-refractivity contribution >= 4 is 17.6 Å². The van der Waals surface area contributed by atoms with Gasteiger partial charge in [-0.3, -0.25) is 4.79 Å². The Labute approximate surface area is 119 Å². The first-order chi connectivity index (χ1) is 9.45. The topological polar surface area (TPSA) is 66.4 Å². The summed E-state index contributed by atoms with van der Waals surface area (Å²) in [5.74, 6) is -1.46. The fourth-order valence-corrected chi connectivity index (χ4v) is 1.69. The SMILES string of the molecule is CCCCc1ccc(NC(=O)C(C)=C(C)C(=O)O)cc1. The molecule has 1 aromatic carbocycles. The summed E-state index contributed by atoms with van der Waals surface area (Å²) in [6.07, 6.45) is 3.32. The standard InChI is InChI=1S/C16H21NO3/c1-4-5-6-13-7-9-14(10-8-13)17-15(18)11(2)12(3)16(19)20/h7-10H,4-6H2,1-3H3,(H,17,18)(H,19,20). The minimum atomic E-state index is -1.08. The van der Waals surface area contributed by atoms with Crippen LogP contribution in [-0.4, -0.2) is 17.0 Å². The molecule has 0 aliphatic heterocycles. The highest BCUT2D eigenvalue weighted by Crippen LogP contribution is 2.14. The summed E-state index contributed by atoms with van der Waals surface area (Å²) in [6, 6.07) is 7.64. The van der Waals surface area contributed by atoms with E-state index >= 15 is 0 Å². The van der Waals surface area contributed by atoms with E-state index in [0.717, 1.165) is 19.3 Å². The van der Waals surface area contributed by atoms with E-state index in [2.05, 4.69) is 12.2 Å². The average Bonchev–Trinajstić information content (AvgIpc) is 2.44. The first kappa shape index (κ1) is 16.0. The Hall–Kier alpha value is -2.10. The number of rotatable bonds is 6. The Kier molecular flexibility index (Phi) is 5.97. The first-order valence-electron chi connectivity index (χ1n) is 6.76. The number of amides is 1. The molecule has 0 heterocycles. The molecule has 4 heteroatoms. The molecule has 0 saturated heterocycles. The second-order valence-electron chi connectivity index (χ2n) is 4.81. The Bertz CT molecular complexity index is 515. The number of hydrogen-bond donors (Lipinski definition) is 2. The lowest BCUT2D eigenvalue weighted by atomic mass is 10.1. The summed E-state index contributed by atoms with van der Waals surface area (Å²) in [5, 5.41) is 11.5. The molecule has 108 valence electrons. The number of carbonyl (C=O) groups is 2. The van der Waals surface area contributed by atoms with Crippen molar-refractivity contribution < 1.29 is 14.7 Å². The molecule has 0 atom stereocenters. The first-order valence-corrected chi connectivity index (χ1v) is 6.76. The normalized spacial score (nSPS) is 11.8. The van der Waals surface area contributed by atoms with Crippen LogP contribution in [0.25, 0.3) is 0 Å². The van der Waals surface area contributed by atoms with E-state index in [-0.39, 0.29) is 17.1 Å². The van der Waals surface area contributed by atoms with Gasteiger partial charge in [0.15, 0.2) is 0 Å². The summed E-state index contributed by atoms with van der Waals surface area (Å²) in [4.78, 5) is 22.7. The Morgan fingerprint density at radius 2 is 1.70 bits per heavy atom. The van der Waals surface area contributed by atoms with Crippen molar-refractivity contribution in [2.24, 2.45) is 0 Å². The molecule has 1 amide bonds. The number of anilines is 1. The number of benzene rings is 1. The number of carbonyl (C=O) groups excluding carboxylic acids is 1. The highest BCUT2D eigenvalue weighted by atomic mass is 16.4. The molecule has 0 aromatic heterocycles. The number of aryl methyl sites for hydroxylation is 1. The van der Waals surface area contributed by atoms with Gasteiger partial charge in [-0.1, -0.05) is 25.5 Å². The molecule has 2 N–H and O–H groups in total. The van der Waals surface area contributed by atoms with Crippen molar-refractivity contribution in [1.82, 2.24) is 0 Å². The van der Waals surface area contributed by atoms with Gasteiger partial charge in [-0.25, -0.2) is 4.79 Å². The monoisotopic (exact) mass is 275 g/mol. The summed E-state index contributed by atoms with van der Waals surface area (Å²) in [7, 11) is 0. The molecule has 0 bridgehead atoms. The van der Waals surface area contributed by atoms with E-state index in [0.29, 0.717) is 5.69 Å². The third-order valence-corrected chi connectivity index (χ3v) is 3.25. The number of carboxylic acids is 1. The van der Waals surface area contributed by atoms with Crippen LogP contribution in [0.4, 0.5) is 5.69 Å². The minimum Gasteiger partial charge on any atom is -0.478 e. The lowest BCUT2D eigenvalue weighted by molar-refractivity contribution is -0.133. The Morgan fingerprint density at radius 3 is 2.20 bits per heavy atom. The van der Waals surface area contributed by atoms with Gasteiger partial charge in [0.25, 0.3) is 5.91 Å². The predicted octanol–water partition coefficient (Wildman–Crippen LogP) is 3.39. The Balaban J connectivity index is 2.72. The molecule has 0 aliphatic carbocycles. The van der Waals surface area contributed by atoms with Crippen LogP contribution >= 0.6 is 0 Å². The fraction of sp³-hybridized carbons (Fsp3) is 0.375. The minimum absolute atomic E-state index is 0.0575. The molecule has 0 spiro atoms. The van der Waals surface area contributed by atoms with Crippen LogP contribution in [0, 0.1) is 0 Å². The fourth-order valence-electron chi connectivity index (χ4n) is 1.69. The highest BCUT2D eigenvalue weighted by Gasteiger charge is 2.12. The van der Waals surface area contributed by atoms with Crippen molar-refractivity contribution in [3.8, 4) is 0 Å². The summed E-state index contributed by atoms with van der Waals surface area (Å²) < 4.78 is 0. The number of aliphatic carboxylic acids is 1. The van der Waals surface area contributed by atoms with Crippen LogP contribution in [0.15, 0.2) is 35.4 Å². The number of nitrogens with one attached hydrogen (secondary N) is 1. The van der Waals surface area contributed by atoms with E-state index in [1.807, 2.05) is 24.3 Å². The molecule has 0 unspecified atom stereocenters. The summed E-state index contributed by atoms with van der Waals surface area (Å²) in [6.45, 7) is 5.08. The number of carboxylic acid groups (broad SMARTS) is 1. The maximum atomic E-state index is 11.9. The summed E-state index contributed by atoms with van der Waals surface area (Å²) in [5.41, 5.74) is 2.18. The zero-order valence-electron chi connectivity index (χ0n) is 12.2. The van der Waals surface area contributed by atoms with E-state index in [9.17, 15) is 9.59 Å². The van der Waals surface area contributed by atoms with Crippen molar-refractivity contribution in [2.45, 2.75) is 40.0 Å². The maximum Gasteiger partial charge on any atom is 0.331 e. The molecular weight excluding hydrogens is 254 g/mol. The van der Waals surface area contributed by atoms with Gasteiger partial charge < -0.3 is 10.4 Å². The smallest absolute Gasteiger partial charge is 0.331 e. The molecule has 0 radical (unpaired) electrons. The quantitative estimate of drug-likeness (QED) is 0.782. The van der Waals surface area contributed by atoms with E-state index in [1.165, 1.54) is 19.4 Å². The second kappa shape index (κ2) is 7.48. The number of unbranched alkanes of at least 4 members (excludes halogenated alkanes) is 1. The largest absolute Gasteiger partial charge is 0.478 e. The average molecular weight is 275 g/mol. The third kappa shape index (κ3) is 4.53.